The first-order valence-corrected chi connectivity index (χ1v) is 7.91. The van der Waals surface area contributed by atoms with E-state index >= 15 is 0 Å². The average Bonchev–Trinajstić information content (AvgIpc) is 2.41. The quantitative estimate of drug-likeness (QED) is 0.894. The molecule has 1 saturated heterocycles. The number of benzene rings is 1. The van der Waals surface area contributed by atoms with Crippen molar-refractivity contribution in [3.8, 4) is 0 Å². The summed E-state index contributed by atoms with van der Waals surface area (Å²) in [6.07, 6.45) is 2.70. The van der Waals surface area contributed by atoms with Gasteiger partial charge < -0.3 is 10.1 Å². The number of hydrogen-bond acceptors (Lipinski definition) is 2. The molecule has 2 unspecified atom stereocenters. The average molecular weight is 275 g/mol. The third-order valence-corrected chi connectivity index (χ3v) is 4.42. The van der Waals surface area contributed by atoms with Gasteiger partial charge in [0, 0.05) is 25.1 Å². The highest BCUT2D eigenvalue weighted by molar-refractivity contribution is 5.38. The lowest BCUT2D eigenvalue weighted by atomic mass is 9.86. The highest BCUT2D eigenvalue weighted by atomic mass is 16.5. The number of rotatable bonds is 4. The smallest absolute Gasteiger partial charge is 0.0867 e. The zero-order valence-electron chi connectivity index (χ0n) is 13.6. The van der Waals surface area contributed by atoms with Crippen LogP contribution in [-0.4, -0.2) is 19.2 Å². The summed E-state index contributed by atoms with van der Waals surface area (Å²) in [7, 11) is 0. The largest absolute Gasteiger partial charge is 0.373 e. The van der Waals surface area contributed by atoms with E-state index in [1.807, 2.05) is 0 Å². The van der Waals surface area contributed by atoms with Crippen molar-refractivity contribution in [2.45, 2.75) is 59.6 Å². The second kappa shape index (κ2) is 6.73. The summed E-state index contributed by atoms with van der Waals surface area (Å²) in [4.78, 5) is 0. The molecule has 1 aromatic rings. The maximum absolute atomic E-state index is 6.14. The predicted molar refractivity (Wildman–Crippen MR) is 85.2 cm³/mol. The van der Waals surface area contributed by atoms with Crippen LogP contribution >= 0.6 is 0 Å². The Labute approximate surface area is 123 Å². The van der Waals surface area contributed by atoms with Crippen molar-refractivity contribution in [1.29, 1.82) is 0 Å². The van der Waals surface area contributed by atoms with Gasteiger partial charge in [0.1, 0.15) is 0 Å². The van der Waals surface area contributed by atoms with E-state index in [1.54, 1.807) is 0 Å². The van der Waals surface area contributed by atoms with Gasteiger partial charge in [-0.25, -0.2) is 0 Å². The van der Waals surface area contributed by atoms with Gasteiger partial charge in [0.15, 0.2) is 0 Å². The third-order valence-electron chi connectivity index (χ3n) is 4.42. The number of nitrogens with one attached hydrogen (secondary N) is 1. The standard InChI is InChI=1S/C18H29NO/c1-12(2)19-11-16-7-6-8-20-18(16)17-10-14(4)13(3)9-15(17)5/h9-10,12,16,18-19H,6-8,11H2,1-5H3. The topological polar surface area (TPSA) is 21.3 Å². The Balaban J connectivity index is 2.21. The second-order valence-electron chi connectivity index (χ2n) is 6.55. The fraction of sp³-hybridized carbons (Fsp3) is 0.667. The van der Waals surface area contributed by atoms with Crippen LogP contribution in [0.25, 0.3) is 0 Å². The van der Waals surface area contributed by atoms with Crippen LogP contribution in [0.15, 0.2) is 12.1 Å². The summed E-state index contributed by atoms with van der Waals surface area (Å²) in [5.41, 5.74) is 5.51. The Bertz CT molecular complexity index is 453. The van der Waals surface area contributed by atoms with E-state index in [-0.39, 0.29) is 6.10 Å². The van der Waals surface area contributed by atoms with Crippen LogP contribution in [0.5, 0.6) is 0 Å². The summed E-state index contributed by atoms with van der Waals surface area (Å²) in [6.45, 7) is 13.0. The van der Waals surface area contributed by atoms with Crippen molar-refractivity contribution in [1.82, 2.24) is 5.32 Å². The molecular weight excluding hydrogens is 246 g/mol. The zero-order valence-corrected chi connectivity index (χ0v) is 13.6. The summed E-state index contributed by atoms with van der Waals surface area (Å²) in [5.74, 6) is 0.590. The van der Waals surface area contributed by atoms with Crippen LogP contribution in [0, 0.1) is 26.7 Å². The maximum Gasteiger partial charge on any atom is 0.0867 e. The monoisotopic (exact) mass is 275 g/mol. The second-order valence-corrected chi connectivity index (χ2v) is 6.55. The van der Waals surface area contributed by atoms with E-state index < -0.39 is 0 Å². The summed E-state index contributed by atoms with van der Waals surface area (Å²) in [5, 5.41) is 3.58. The minimum absolute atomic E-state index is 0.259. The molecule has 0 spiro atoms. The van der Waals surface area contributed by atoms with Crippen LogP contribution in [0.2, 0.25) is 0 Å². The fourth-order valence-corrected chi connectivity index (χ4v) is 3.07. The van der Waals surface area contributed by atoms with Crippen LogP contribution in [0.3, 0.4) is 0 Å². The lowest BCUT2D eigenvalue weighted by molar-refractivity contribution is -0.0286. The van der Waals surface area contributed by atoms with Crippen molar-refractivity contribution in [3.05, 3.63) is 34.4 Å². The molecule has 0 aromatic heterocycles. The van der Waals surface area contributed by atoms with Crippen molar-refractivity contribution in [3.63, 3.8) is 0 Å². The van der Waals surface area contributed by atoms with Gasteiger partial charge >= 0.3 is 0 Å². The van der Waals surface area contributed by atoms with E-state index in [2.05, 4.69) is 52.1 Å². The molecule has 1 N–H and O–H groups in total. The Morgan fingerprint density at radius 3 is 2.55 bits per heavy atom. The molecule has 0 radical (unpaired) electrons. The molecule has 0 aliphatic carbocycles. The van der Waals surface area contributed by atoms with E-state index in [0.29, 0.717) is 12.0 Å². The van der Waals surface area contributed by atoms with E-state index in [1.165, 1.54) is 35.1 Å². The van der Waals surface area contributed by atoms with Gasteiger partial charge in [0.25, 0.3) is 0 Å². The number of hydrogen-bond donors (Lipinski definition) is 1. The van der Waals surface area contributed by atoms with Gasteiger partial charge in [-0.15, -0.1) is 0 Å². The van der Waals surface area contributed by atoms with Gasteiger partial charge in [0.05, 0.1) is 6.10 Å². The van der Waals surface area contributed by atoms with E-state index in [0.717, 1.165) is 13.2 Å². The van der Waals surface area contributed by atoms with Crippen LogP contribution in [0.4, 0.5) is 0 Å². The van der Waals surface area contributed by atoms with Crippen LogP contribution in [0.1, 0.15) is 55.0 Å². The Kier molecular flexibility index (Phi) is 5.22. The minimum atomic E-state index is 0.259. The zero-order chi connectivity index (χ0) is 14.7. The highest BCUT2D eigenvalue weighted by Crippen LogP contribution is 2.35. The highest BCUT2D eigenvalue weighted by Gasteiger charge is 2.28. The summed E-state index contributed by atoms with van der Waals surface area (Å²) >= 11 is 0. The molecule has 0 bridgehead atoms. The molecule has 2 rings (SSSR count). The molecule has 1 aromatic carbocycles. The van der Waals surface area contributed by atoms with Gasteiger partial charge in [-0.1, -0.05) is 26.0 Å². The first kappa shape index (κ1) is 15.5. The first-order valence-electron chi connectivity index (χ1n) is 7.91. The van der Waals surface area contributed by atoms with Gasteiger partial charge in [-0.05, 0) is 55.9 Å². The van der Waals surface area contributed by atoms with Crippen molar-refractivity contribution < 1.29 is 4.74 Å². The molecule has 0 saturated carbocycles. The fourth-order valence-electron chi connectivity index (χ4n) is 3.07. The van der Waals surface area contributed by atoms with Crippen molar-refractivity contribution >= 4 is 0 Å². The number of ether oxygens (including phenoxy) is 1. The summed E-state index contributed by atoms with van der Waals surface area (Å²) in [6, 6.07) is 5.18. The van der Waals surface area contributed by atoms with Crippen molar-refractivity contribution in [2.75, 3.05) is 13.2 Å². The van der Waals surface area contributed by atoms with E-state index in [9.17, 15) is 0 Å². The van der Waals surface area contributed by atoms with Crippen LogP contribution < -0.4 is 5.32 Å². The molecule has 2 atom stereocenters. The Hall–Kier alpha value is -0.860. The third kappa shape index (κ3) is 3.62. The van der Waals surface area contributed by atoms with Crippen molar-refractivity contribution in [2.24, 2.45) is 5.92 Å². The molecule has 1 fully saturated rings. The number of aryl methyl sites for hydroxylation is 3. The molecule has 112 valence electrons. The maximum atomic E-state index is 6.14. The minimum Gasteiger partial charge on any atom is -0.373 e. The molecule has 0 amide bonds. The lowest BCUT2D eigenvalue weighted by Gasteiger charge is -2.34. The first-order chi connectivity index (χ1) is 9.49. The Morgan fingerprint density at radius 1 is 1.15 bits per heavy atom. The Morgan fingerprint density at radius 2 is 1.85 bits per heavy atom. The molecule has 1 aliphatic rings. The normalized spacial score (nSPS) is 23.3. The molecule has 2 nitrogen and oxygen atoms in total. The van der Waals surface area contributed by atoms with Gasteiger partial charge in [-0.3, -0.25) is 0 Å². The summed E-state index contributed by atoms with van der Waals surface area (Å²) < 4.78 is 6.14. The molecular formula is C18H29NO. The molecule has 20 heavy (non-hydrogen) atoms. The molecule has 1 aliphatic heterocycles. The van der Waals surface area contributed by atoms with Crippen LogP contribution in [-0.2, 0) is 4.74 Å². The van der Waals surface area contributed by atoms with Gasteiger partial charge in [0.2, 0.25) is 0 Å². The van der Waals surface area contributed by atoms with E-state index in [4.69, 9.17) is 4.74 Å². The lowest BCUT2D eigenvalue weighted by Crippen LogP contribution is -2.35. The predicted octanol–water partition coefficient (Wildman–Crippen LogP) is 4.08. The molecule has 2 heteroatoms. The van der Waals surface area contributed by atoms with Gasteiger partial charge in [-0.2, -0.15) is 0 Å². The molecule has 1 heterocycles. The SMILES string of the molecule is Cc1cc(C)c(C2OCCCC2CNC(C)C)cc1C.